The number of carbonyl (C=O) groups excluding carboxylic acids is 1. The fraction of sp³-hybridized carbons (Fsp3) is 0.889. The smallest absolute Gasteiger partial charge is 0.174 e. The first-order chi connectivity index (χ1) is 5.69. The van der Waals surface area contributed by atoms with Gasteiger partial charge in [0.25, 0.3) is 0 Å². The molecule has 1 unspecified atom stereocenters. The third kappa shape index (κ3) is 2.23. The molecule has 1 aliphatic heterocycles. The van der Waals surface area contributed by atoms with E-state index in [0.29, 0.717) is 13.2 Å². The van der Waals surface area contributed by atoms with Gasteiger partial charge in [0.2, 0.25) is 0 Å². The van der Waals surface area contributed by atoms with Crippen LogP contribution in [0.1, 0.15) is 26.7 Å². The average molecular weight is 188 g/mol. The minimum Gasteiger partial charge on any atom is -0.374 e. The minimum atomic E-state index is -0.144. The Labute approximate surface area is 78.1 Å². The number of Topliss-reactive ketones (excluding diaryl/α,β-unsaturated/α-hetero) is 1. The first kappa shape index (κ1) is 10.1. The lowest BCUT2D eigenvalue weighted by atomic mass is 10.0. The molecule has 0 aromatic carbocycles. The standard InChI is InChI=1S/C9H16O2S/c1-3-11-7-8(10)9(2)5-4-6-12-9/h3-7H2,1-2H3. The number of ketones is 1. The topological polar surface area (TPSA) is 26.3 Å². The van der Waals surface area contributed by atoms with Crippen LogP contribution in [0.5, 0.6) is 0 Å². The van der Waals surface area contributed by atoms with E-state index in [9.17, 15) is 4.79 Å². The molecule has 1 heterocycles. The molecule has 0 aliphatic carbocycles. The molecular formula is C9H16O2S. The van der Waals surface area contributed by atoms with Gasteiger partial charge in [-0.05, 0) is 32.4 Å². The summed E-state index contributed by atoms with van der Waals surface area (Å²) in [5.74, 6) is 1.38. The first-order valence-corrected chi connectivity index (χ1v) is 5.42. The Morgan fingerprint density at radius 2 is 2.42 bits per heavy atom. The van der Waals surface area contributed by atoms with Crippen molar-refractivity contribution in [2.24, 2.45) is 0 Å². The second-order valence-electron chi connectivity index (χ2n) is 3.24. The summed E-state index contributed by atoms with van der Waals surface area (Å²) in [7, 11) is 0. The van der Waals surface area contributed by atoms with E-state index in [1.54, 1.807) is 11.8 Å². The van der Waals surface area contributed by atoms with Crippen molar-refractivity contribution < 1.29 is 9.53 Å². The lowest BCUT2D eigenvalue weighted by Crippen LogP contribution is -2.32. The largest absolute Gasteiger partial charge is 0.374 e. The summed E-state index contributed by atoms with van der Waals surface area (Å²) >= 11 is 1.77. The van der Waals surface area contributed by atoms with Crippen LogP contribution in [0, 0.1) is 0 Å². The van der Waals surface area contributed by atoms with Gasteiger partial charge in [-0.2, -0.15) is 0 Å². The van der Waals surface area contributed by atoms with E-state index in [-0.39, 0.29) is 10.5 Å². The third-order valence-corrected chi connectivity index (χ3v) is 3.81. The highest BCUT2D eigenvalue weighted by atomic mass is 32.2. The fourth-order valence-electron chi connectivity index (χ4n) is 1.35. The predicted molar refractivity (Wildman–Crippen MR) is 51.6 cm³/mol. The average Bonchev–Trinajstić information content (AvgIpc) is 2.49. The molecule has 1 atom stereocenters. The Kier molecular flexibility index (Phi) is 3.59. The molecule has 0 bridgehead atoms. The molecule has 0 saturated carbocycles. The van der Waals surface area contributed by atoms with Crippen molar-refractivity contribution in [3.05, 3.63) is 0 Å². The van der Waals surface area contributed by atoms with Crippen LogP contribution in [-0.4, -0.2) is 29.5 Å². The second-order valence-corrected chi connectivity index (χ2v) is 4.84. The molecular weight excluding hydrogens is 172 g/mol. The molecule has 3 heteroatoms. The zero-order valence-corrected chi connectivity index (χ0v) is 8.58. The lowest BCUT2D eigenvalue weighted by Gasteiger charge is -2.20. The molecule has 2 nitrogen and oxygen atoms in total. The molecule has 0 aromatic rings. The number of thioether (sulfide) groups is 1. The van der Waals surface area contributed by atoms with Gasteiger partial charge in [-0.15, -0.1) is 11.8 Å². The van der Waals surface area contributed by atoms with E-state index < -0.39 is 0 Å². The van der Waals surface area contributed by atoms with Gasteiger partial charge in [-0.25, -0.2) is 0 Å². The van der Waals surface area contributed by atoms with Crippen LogP contribution in [0.25, 0.3) is 0 Å². The Hall–Kier alpha value is -0.0200. The van der Waals surface area contributed by atoms with Crippen LogP contribution in [0.3, 0.4) is 0 Å². The first-order valence-electron chi connectivity index (χ1n) is 4.44. The van der Waals surface area contributed by atoms with Crippen molar-refractivity contribution in [3.63, 3.8) is 0 Å². The van der Waals surface area contributed by atoms with Gasteiger partial charge in [0.15, 0.2) is 5.78 Å². The molecule has 1 aliphatic rings. The van der Waals surface area contributed by atoms with Crippen LogP contribution >= 0.6 is 11.8 Å². The number of hydrogen-bond acceptors (Lipinski definition) is 3. The maximum Gasteiger partial charge on any atom is 0.174 e. The van der Waals surface area contributed by atoms with E-state index in [2.05, 4.69) is 0 Å². The van der Waals surface area contributed by atoms with E-state index in [1.165, 1.54) is 6.42 Å². The molecule has 1 fully saturated rings. The molecule has 0 amide bonds. The molecule has 1 saturated heterocycles. The highest BCUT2D eigenvalue weighted by molar-refractivity contribution is 8.01. The van der Waals surface area contributed by atoms with E-state index in [0.717, 1.165) is 12.2 Å². The maximum absolute atomic E-state index is 11.6. The Bertz CT molecular complexity index is 162. The van der Waals surface area contributed by atoms with Crippen molar-refractivity contribution in [1.29, 1.82) is 0 Å². The molecule has 0 radical (unpaired) electrons. The van der Waals surface area contributed by atoms with Crippen molar-refractivity contribution in [3.8, 4) is 0 Å². The van der Waals surface area contributed by atoms with Crippen molar-refractivity contribution in [2.45, 2.75) is 31.4 Å². The van der Waals surface area contributed by atoms with E-state index in [1.807, 2.05) is 13.8 Å². The SMILES string of the molecule is CCOCC(=O)C1(C)CCCS1. The Balaban J connectivity index is 2.39. The number of ether oxygens (including phenoxy) is 1. The highest BCUT2D eigenvalue weighted by Crippen LogP contribution is 2.38. The molecule has 12 heavy (non-hydrogen) atoms. The summed E-state index contributed by atoms with van der Waals surface area (Å²) in [6.45, 7) is 4.87. The maximum atomic E-state index is 11.6. The normalized spacial score (nSPS) is 29.2. The molecule has 0 spiro atoms. The van der Waals surface area contributed by atoms with Crippen LogP contribution in [0.15, 0.2) is 0 Å². The van der Waals surface area contributed by atoms with Crippen molar-refractivity contribution in [2.75, 3.05) is 19.0 Å². The van der Waals surface area contributed by atoms with Crippen LogP contribution in [0.4, 0.5) is 0 Å². The summed E-state index contributed by atoms with van der Waals surface area (Å²) in [6, 6.07) is 0. The fourth-order valence-corrected chi connectivity index (χ4v) is 2.59. The molecule has 0 aromatic heterocycles. The molecule has 1 rings (SSSR count). The van der Waals surface area contributed by atoms with Gasteiger partial charge in [0, 0.05) is 6.61 Å². The summed E-state index contributed by atoms with van der Waals surface area (Å²) in [5, 5.41) is 0. The van der Waals surface area contributed by atoms with Gasteiger partial charge >= 0.3 is 0 Å². The zero-order valence-electron chi connectivity index (χ0n) is 7.76. The summed E-state index contributed by atoms with van der Waals surface area (Å²) < 4.78 is 4.97. The predicted octanol–water partition coefficient (Wildman–Crippen LogP) is 1.88. The lowest BCUT2D eigenvalue weighted by molar-refractivity contribution is -0.125. The van der Waals surface area contributed by atoms with E-state index >= 15 is 0 Å². The van der Waals surface area contributed by atoms with Gasteiger partial charge in [-0.1, -0.05) is 0 Å². The van der Waals surface area contributed by atoms with Crippen molar-refractivity contribution in [1.82, 2.24) is 0 Å². The van der Waals surface area contributed by atoms with Gasteiger partial charge in [0.1, 0.15) is 6.61 Å². The number of carbonyl (C=O) groups is 1. The second kappa shape index (κ2) is 4.28. The van der Waals surface area contributed by atoms with Crippen LogP contribution in [-0.2, 0) is 9.53 Å². The zero-order chi connectivity index (χ0) is 9.03. The molecule has 70 valence electrons. The molecule has 0 N–H and O–H groups in total. The summed E-state index contributed by atoms with van der Waals surface area (Å²) in [4.78, 5) is 11.6. The van der Waals surface area contributed by atoms with Crippen LogP contribution < -0.4 is 0 Å². The van der Waals surface area contributed by atoms with Gasteiger partial charge < -0.3 is 4.74 Å². The van der Waals surface area contributed by atoms with Crippen LogP contribution in [0.2, 0.25) is 0 Å². The minimum absolute atomic E-state index is 0.144. The Morgan fingerprint density at radius 1 is 1.67 bits per heavy atom. The van der Waals surface area contributed by atoms with Gasteiger partial charge in [0.05, 0.1) is 4.75 Å². The quantitative estimate of drug-likeness (QED) is 0.674. The number of rotatable bonds is 4. The summed E-state index contributed by atoms with van der Waals surface area (Å²) in [5.41, 5.74) is 0. The van der Waals surface area contributed by atoms with Crippen molar-refractivity contribution >= 4 is 17.5 Å². The highest BCUT2D eigenvalue weighted by Gasteiger charge is 2.36. The third-order valence-electron chi connectivity index (χ3n) is 2.25. The number of hydrogen-bond donors (Lipinski definition) is 0. The Morgan fingerprint density at radius 3 is 2.92 bits per heavy atom. The monoisotopic (exact) mass is 188 g/mol. The summed E-state index contributed by atoms with van der Waals surface area (Å²) in [6.07, 6.45) is 2.18. The van der Waals surface area contributed by atoms with Gasteiger partial charge in [-0.3, -0.25) is 4.79 Å². The van der Waals surface area contributed by atoms with E-state index in [4.69, 9.17) is 4.74 Å².